The normalized spacial score (nSPS) is 10.6. The van der Waals surface area contributed by atoms with Gasteiger partial charge in [0.2, 0.25) is 5.89 Å². The molecule has 15 heavy (non-hydrogen) atoms. The van der Waals surface area contributed by atoms with E-state index in [1.807, 2.05) is 13.8 Å². The SMILES string of the molecule is Cc1ccc(C)c(-c2ncc(CCl)o2)c1. The second kappa shape index (κ2) is 4.07. The lowest BCUT2D eigenvalue weighted by Crippen LogP contribution is -1.84. The van der Waals surface area contributed by atoms with E-state index in [1.54, 1.807) is 6.20 Å². The molecule has 1 heterocycles. The Morgan fingerprint density at radius 1 is 1.33 bits per heavy atom. The first kappa shape index (κ1) is 10.2. The lowest BCUT2D eigenvalue weighted by atomic mass is 10.1. The molecule has 0 fully saturated rings. The van der Waals surface area contributed by atoms with E-state index >= 15 is 0 Å². The van der Waals surface area contributed by atoms with Gasteiger partial charge < -0.3 is 4.42 Å². The maximum absolute atomic E-state index is 5.67. The third-order valence-corrected chi connectivity index (χ3v) is 2.57. The molecule has 1 aromatic heterocycles. The molecule has 2 rings (SSSR count). The molecule has 0 saturated carbocycles. The Bertz CT molecular complexity index is 476. The summed E-state index contributed by atoms with van der Waals surface area (Å²) < 4.78 is 5.51. The van der Waals surface area contributed by atoms with E-state index < -0.39 is 0 Å². The maximum Gasteiger partial charge on any atom is 0.226 e. The first-order valence-corrected chi connectivity index (χ1v) is 5.32. The van der Waals surface area contributed by atoms with Crippen LogP contribution in [0.4, 0.5) is 0 Å². The summed E-state index contributed by atoms with van der Waals surface area (Å²) in [5, 5.41) is 0. The van der Waals surface area contributed by atoms with Gasteiger partial charge in [-0.15, -0.1) is 11.6 Å². The minimum Gasteiger partial charge on any atom is -0.440 e. The van der Waals surface area contributed by atoms with Crippen molar-refractivity contribution in [3.63, 3.8) is 0 Å². The predicted octanol–water partition coefficient (Wildman–Crippen LogP) is 3.70. The van der Waals surface area contributed by atoms with Gasteiger partial charge in [-0.25, -0.2) is 4.98 Å². The molecule has 78 valence electrons. The molecule has 2 aromatic rings. The van der Waals surface area contributed by atoms with Crippen LogP contribution in [0.3, 0.4) is 0 Å². The van der Waals surface area contributed by atoms with Crippen molar-refractivity contribution in [2.24, 2.45) is 0 Å². The second-order valence-electron chi connectivity index (χ2n) is 3.58. The number of alkyl halides is 1. The van der Waals surface area contributed by atoms with Crippen LogP contribution < -0.4 is 0 Å². The molecule has 1 aromatic carbocycles. The Balaban J connectivity index is 2.48. The van der Waals surface area contributed by atoms with E-state index in [0.29, 0.717) is 17.5 Å². The van der Waals surface area contributed by atoms with E-state index in [1.165, 1.54) is 5.56 Å². The molecule has 0 bridgehead atoms. The van der Waals surface area contributed by atoms with Crippen molar-refractivity contribution in [3.05, 3.63) is 41.3 Å². The highest BCUT2D eigenvalue weighted by molar-refractivity contribution is 6.16. The molecule has 0 N–H and O–H groups in total. The predicted molar refractivity (Wildman–Crippen MR) is 61.0 cm³/mol. The number of aryl methyl sites for hydroxylation is 2. The first-order valence-electron chi connectivity index (χ1n) is 4.79. The highest BCUT2D eigenvalue weighted by Crippen LogP contribution is 2.24. The van der Waals surface area contributed by atoms with E-state index in [9.17, 15) is 0 Å². The zero-order valence-electron chi connectivity index (χ0n) is 8.75. The summed E-state index contributed by atoms with van der Waals surface area (Å²) >= 11 is 5.67. The zero-order chi connectivity index (χ0) is 10.8. The molecule has 0 unspecified atom stereocenters. The molecule has 0 aliphatic carbocycles. The number of halogens is 1. The van der Waals surface area contributed by atoms with Crippen LogP contribution in [0, 0.1) is 13.8 Å². The number of hydrogen-bond donors (Lipinski definition) is 0. The van der Waals surface area contributed by atoms with Crippen molar-refractivity contribution in [1.82, 2.24) is 4.98 Å². The van der Waals surface area contributed by atoms with Crippen LogP contribution in [-0.2, 0) is 5.88 Å². The fourth-order valence-corrected chi connectivity index (χ4v) is 1.58. The zero-order valence-corrected chi connectivity index (χ0v) is 9.51. The van der Waals surface area contributed by atoms with Crippen LogP contribution in [-0.4, -0.2) is 4.98 Å². The van der Waals surface area contributed by atoms with E-state index in [4.69, 9.17) is 16.0 Å². The van der Waals surface area contributed by atoms with Gasteiger partial charge in [-0.1, -0.05) is 17.7 Å². The van der Waals surface area contributed by atoms with Crippen molar-refractivity contribution < 1.29 is 4.42 Å². The second-order valence-corrected chi connectivity index (χ2v) is 3.85. The number of oxazole rings is 1. The summed E-state index contributed by atoms with van der Waals surface area (Å²) in [4.78, 5) is 4.21. The highest BCUT2D eigenvalue weighted by atomic mass is 35.5. The van der Waals surface area contributed by atoms with Crippen molar-refractivity contribution in [1.29, 1.82) is 0 Å². The smallest absolute Gasteiger partial charge is 0.226 e. The fourth-order valence-electron chi connectivity index (χ4n) is 1.46. The first-order chi connectivity index (χ1) is 7.20. The molecule has 0 spiro atoms. The van der Waals surface area contributed by atoms with E-state index in [0.717, 1.165) is 11.1 Å². The van der Waals surface area contributed by atoms with Gasteiger partial charge in [-0.3, -0.25) is 0 Å². The monoisotopic (exact) mass is 221 g/mol. The minimum atomic E-state index is 0.359. The largest absolute Gasteiger partial charge is 0.440 e. The van der Waals surface area contributed by atoms with Gasteiger partial charge in [0, 0.05) is 5.56 Å². The molecule has 0 atom stereocenters. The average molecular weight is 222 g/mol. The van der Waals surface area contributed by atoms with Gasteiger partial charge in [-0.05, 0) is 25.5 Å². The third-order valence-electron chi connectivity index (χ3n) is 2.31. The Kier molecular flexibility index (Phi) is 2.78. The van der Waals surface area contributed by atoms with Gasteiger partial charge in [-0.2, -0.15) is 0 Å². The number of rotatable bonds is 2. The van der Waals surface area contributed by atoms with Crippen molar-refractivity contribution in [2.75, 3.05) is 0 Å². The Morgan fingerprint density at radius 2 is 2.13 bits per heavy atom. The Hall–Kier alpha value is -1.28. The summed E-state index contributed by atoms with van der Waals surface area (Å²) in [6, 6.07) is 6.21. The van der Waals surface area contributed by atoms with Crippen molar-refractivity contribution in [3.8, 4) is 11.5 Å². The topological polar surface area (TPSA) is 26.0 Å². The summed E-state index contributed by atoms with van der Waals surface area (Å²) in [6.07, 6.45) is 1.67. The Labute approximate surface area is 93.9 Å². The van der Waals surface area contributed by atoms with E-state index in [2.05, 4.69) is 23.2 Å². The molecule has 0 saturated heterocycles. The van der Waals surface area contributed by atoms with Gasteiger partial charge in [0.25, 0.3) is 0 Å². The molecular formula is C12H12ClNO. The van der Waals surface area contributed by atoms with Crippen LogP contribution in [0.15, 0.2) is 28.8 Å². The molecule has 0 aliphatic rings. The number of nitrogens with zero attached hydrogens (tertiary/aromatic N) is 1. The molecule has 2 nitrogen and oxygen atoms in total. The van der Waals surface area contributed by atoms with Crippen LogP contribution in [0.5, 0.6) is 0 Å². The van der Waals surface area contributed by atoms with Gasteiger partial charge >= 0.3 is 0 Å². The summed E-state index contributed by atoms with van der Waals surface area (Å²) in [6.45, 7) is 4.09. The van der Waals surface area contributed by atoms with Crippen LogP contribution in [0.2, 0.25) is 0 Å². The minimum absolute atomic E-state index is 0.359. The number of hydrogen-bond acceptors (Lipinski definition) is 2. The molecular weight excluding hydrogens is 210 g/mol. The van der Waals surface area contributed by atoms with Crippen molar-refractivity contribution in [2.45, 2.75) is 19.7 Å². The summed E-state index contributed by atoms with van der Waals surface area (Å²) in [5.41, 5.74) is 3.39. The van der Waals surface area contributed by atoms with Crippen LogP contribution >= 0.6 is 11.6 Å². The lowest BCUT2D eigenvalue weighted by molar-refractivity contribution is 0.537. The number of aromatic nitrogens is 1. The molecule has 3 heteroatoms. The summed E-state index contributed by atoms with van der Waals surface area (Å²) in [7, 11) is 0. The third kappa shape index (κ3) is 2.05. The summed E-state index contributed by atoms with van der Waals surface area (Å²) in [5.74, 6) is 1.71. The fraction of sp³-hybridized carbons (Fsp3) is 0.250. The molecule has 0 amide bonds. The standard InChI is InChI=1S/C12H12ClNO/c1-8-3-4-9(2)11(5-8)12-14-7-10(6-13)15-12/h3-5,7H,6H2,1-2H3. The van der Waals surface area contributed by atoms with Gasteiger partial charge in [0.05, 0.1) is 12.1 Å². The quantitative estimate of drug-likeness (QED) is 0.723. The number of benzene rings is 1. The molecule has 0 radical (unpaired) electrons. The highest BCUT2D eigenvalue weighted by Gasteiger charge is 2.08. The van der Waals surface area contributed by atoms with Crippen LogP contribution in [0.25, 0.3) is 11.5 Å². The van der Waals surface area contributed by atoms with E-state index in [-0.39, 0.29) is 0 Å². The maximum atomic E-state index is 5.67. The molecule has 0 aliphatic heterocycles. The average Bonchev–Trinajstić information content (AvgIpc) is 2.70. The lowest BCUT2D eigenvalue weighted by Gasteiger charge is -2.02. The van der Waals surface area contributed by atoms with Crippen molar-refractivity contribution >= 4 is 11.6 Å². The van der Waals surface area contributed by atoms with Gasteiger partial charge in [0.15, 0.2) is 0 Å². The van der Waals surface area contributed by atoms with Crippen LogP contribution in [0.1, 0.15) is 16.9 Å². The Morgan fingerprint density at radius 3 is 2.80 bits per heavy atom. The van der Waals surface area contributed by atoms with Gasteiger partial charge in [0.1, 0.15) is 5.76 Å².